The lowest BCUT2D eigenvalue weighted by atomic mass is 10.1. The molecule has 0 spiro atoms. The highest BCUT2D eigenvalue weighted by atomic mass is 16.2. The Kier molecular flexibility index (Phi) is 4.65. The maximum atomic E-state index is 12.2. The van der Waals surface area contributed by atoms with Crippen LogP contribution in [0.4, 0.5) is 5.95 Å². The van der Waals surface area contributed by atoms with Crippen molar-refractivity contribution in [3.8, 4) is 0 Å². The smallest absolute Gasteiger partial charge is 0.250 e. The lowest BCUT2D eigenvalue weighted by Crippen LogP contribution is -2.49. The van der Waals surface area contributed by atoms with Crippen molar-refractivity contribution in [2.75, 3.05) is 18.0 Å². The van der Waals surface area contributed by atoms with Crippen molar-refractivity contribution in [1.29, 1.82) is 0 Å². The number of hydrogen-bond acceptors (Lipinski definition) is 5. The highest BCUT2D eigenvalue weighted by Crippen LogP contribution is 2.15. The van der Waals surface area contributed by atoms with Crippen LogP contribution in [0.5, 0.6) is 0 Å². The molecular formula is C16H19N5O2. The molecule has 1 aliphatic rings. The zero-order valence-electron chi connectivity index (χ0n) is 12.8. The first-order valence-electron chi connectivity index (χ1n) is 7.69. The molecule has 1 N–H and O–H groups in total. The summed E-state index contributed by atoms with van der Waals surface area (Å²) in [4.78, 5) is 34.4. The topological polar surface area (TPSA) is 80.1 Å². The first-order chi connectivity index (χ1) is 11.2. The molecule has 2 aromatic heterocycles. The number of piperidine rings is 1. The SMILES string of the molecule is O=C(Cn1ccccc1=O)N[C@H]1CCCN(c2ncccn2)C1. The van der Waals surface area contributed by atoms with Crippen LogP contribution in [0.1, 0.15) is 12.8 Å². The van der Waals surface area contributed by atoms with E-state index in [9.17, 15) is 9.59 Å². The minimum Gasteiger partial charge on any atom is -0.350 e. The van der Waals surface area contributed by atoms with E-state index < -0.39 is 0 Å². The quantitative estimate of drug-likeness (QED) is 0.885. The predicted molar refractivity (Wildman–Crippen MR) is 86.1 cm³/mol. The molecular weight excluding hydrogens is 294 g/mol. The molecule has 1 amide bonds. The van der Waals surface area contributed by atoms with Crippen molar-refractivity contribution in [2.45, 2.75) is 25.4 Å². The molecule has 1 saturated heterocycles. The van der Waals surface area contributed by atoms with E-state index in [1.807, 2.05) is 0 Å². The summed E-state index contributed by atoms with van der Waals surface area (Å²) in [5.41, 5.74) is -0.175. The van der Waals surface area contributed by atoms with Crippen molar-refractivity contribution in [3.05, 3.63) is 53.2 Å². The Morgan fingerprint density at radius 1 is 1.26 bits per heavy atom. The molecule has 0 aromatic carbocycles. The Labute approximate surface area is 134 Å². The zero-order chi connectivity index (χ0) is 16.1. The highest BCUT2D eigenvalue weighted by Gasteiger charge is 2.22. The summed E-state index contributed by atoms with van der Waals surface area (Å²) >= 11 is 0. The van der Waals surface area contributed by atoms with Crippen LogP contribution in [-0.2, 0) is 11.3 Å². The van der Waals surface area contributed by atoms with Gasteiger partial charge in [0.25, 0.3) is 5.56 Å². The third-order valence-electron chi connectivity index (χ3n) is 3.83. The van der Waals surface area contributed by atoms with E-state index in [0.717, 1.165) is 19.4 Å². The molecule has 3 rings (SSSR count). The van der Waals surface area contributed by atoms with Gasteiger partial charge in [-0.1, -0.05) is 6.07 Å². The second kappa shape index (κ2) is 7.04. The van der Waals surface area contributed by atoms with Crippen LogP contribution in [0.3, 0.4) is 0 Å². The summed E-state index contributed by atoms with van der Waals surface area (Å²) in [7, 11) is 0. The van der Waals surface area contributed by atoms with Gasteiger partial charge in [0.1, 0.15) is 6.54 Å². The fourth-order valence-corrected chi connectivity index (χ4v) is 2.75. The minimum atomic E-state index is -0.175. The Hall–Kier alpha value is -2.70. The van der Waals surface area contributed by atoms with Crippen molar-refractivity contribution < 1.29 is 4.79 Å². The molecule has 120 valence electrons. The van der Waals surface area contributed by atoms with Gasteiger partial charge in [0.15, 0.2) is 0 Å². The Bertz CT molecular complexity index is 716. The average molecular weight is 313 g/mol. The molecule has 0 bridgehead atoms. The third kappa shape index (κ3) is 3.94. The number of anilines is 1. The van der Waals surface area contributed by atoms with Gasteiger partial charge in [0.05, 0.1) is 0 Å². The number of amides is 1. The normalized spacial score (nSPS) is 17.7. The molecule has 1 fully saturated rings. The molecule has 23 heavy (non-hydrogen) atoms. The molecule has 7 nitrogen and oxygen atoms in total. The minimum absolute atomic E-state index is 0.0397. The molecule has 1 aliphatic heterocycles. The van der Waals surface area contributed by atoms with Gasteiger partial charge < -0.3 is 14.8 Å². The standard InChI is InChI=1S/C16H19N5O2/c22-14(12-20-9-2-1-6-15(20)23)19-13-5-3-10-21(11-13)16-17-7-4-8-18-16/h1-2,4,6-9,13H,3,5,10-12H2,(H,19,22)/t13-/m0/s1. The number of pyridine rings is 1. The fourth-order valence-electron chi connectivity index (χ4n) is 2.75. The van der Waals surface area contributed by atoms with Crippen molar-refractivity contribution in [2.24, 2.45) is 0 Å². The second-order valence-electron chi connectivity index (χ2n) is 5.57. The van der Waals surface area contributed by atoms with Gasteiger partial charge in [0, 0.05) is 43.8 Å². The zero-order valence-corrected chi connectivity index (χ0v) is 12.8. The Morgan fingerprint density at radius 3 is 2.87 bits per heavy atom. The van der Waals surface area contributed by atoms with E-state index in [0.29, 0.717) is 12.5 Å². The number of hydrogen-bond donors (Lipinski definition) is 1. The van der Waals surface area contributed by atoms with Crippen LogP contribution in [0, 0.1) is 0 Å². The lowest BCUT2D eigenvalue weighted by molar-refractivity contribution is -0.122. The Morgan fingerprint density at radius 2 is 2.09 bits per heavy atom. The first kappa shape index (κ1) is 15.2. The van der Waals surface area contributed by atoms with Crippen LogP contribution in [0.2, 0.25) is 0 Å². The maximum Gasteiger partial charge on any atom is 0.250 e. The molecule has 0 saturated carbocycles. The molecule has 3 heterocycles. The largest absolute Gasteiger partial charge is 0.350 e. The number of aromatic nitrogens is 3. The van der Waals surface area contributed by atoms with Crippen molar-refractivity contribution in [1.82, 2.24) is 19.9 Å². The van der Waals surface area contributed by atoms with E-state index in [4.69, 9.17) is 0 Å². The molecule has 0 aliphatic carbocycles. The number of nitrogens with zero attached hydrogens (tertiary/aromatic N) is 4. The van der Waals surface area contributed by atoms with Crippen LogP contribution in [-0.4, -0.2) is 39.6 Å². The second-order valence-corrected chi connectivity index (χ2v) is 5.57. The van der Waals surface area contributed by atoms with Gasteiger partial charge in [0.2, 0.25) is 11.9 Å². The fraction of sp³-hybridized carbons (Fsp3) is 0.375. The van der Waals surface area contributed by atoms with Crippen LogP contribution >= 0.6 is 0 Å². The molecule has 7 heteroatoms. The average Bonchev–Trinajstić information content (AvgIpc) is 2.58. The first-order valence-corrected chi connectivity index (χ1v) is 7.69. The van der Waals surface area contributed by atoms with E-state index in [-0.39, 0.29) is 24.1 Å². The van der Waals surface area contributed by atoms with Gasteiger partial charge in [-0.05, 0) is 25.0 Å². The van der Waals surface area contributed by atoms with Gasteiger partial charge in [-0.2, -0.15) is 0 Å². The summed E-state index contributed by atoms with van der Waals surface area (Å²) in [6.07, 6.45) is 6.93. The molecule has 1 atom stereocenters. The van der Waals surface area contributed by atoms with Crippen LogP contribution < -0.4 is 15.8 Å². The number of carbonyl (C=O) groups is 1. The summed E-state index contributed by atoms with van der Waals surface area (Å²) in [6.45, 7) is 1.60. The van der Waals surface area contributed by atoms with Crippen LogP contribution in [0.15, 0.2) is 47.7 Å². The van der Waals surface area contributed by atoms with E-state index in [2.05, 4.69) is 20.2 Å². The van der Waals surface area contributed by atoms with Crippen molar-refractivity contribution in [3.63, 3.8) is 0 Å². The maximum absolute atomic E-state index is 12.2. The van der Waals surface area contributed by atoms with Crippen LogP contribution in [0.25, 0.3) is 0 Å². The summed E-state index contributed by atoms with van der Waals surface area (Å²) < 4.78 is 1.40. The number of rotatable bonds is 4. The molecule has 0 unspecified atom stereocenters. The van der Waals surface area contributed by atoms with Gasteiger partial charge in [-0.3, -0.25) is 9.59 Å². The third-order valence-corrected chi connectivity index (χ3v) is 3.83. The molecule has 0 radical (unpaired) electrons. The number of nitrogens with one attached hydrogen (secondary N) is 1. The van der Waals surface area contributed by atoms with E-state index in [1.165, 1.54) is 10.6 Å². The summed E-state index contributed by atoms with van der Waals surface area (Å²) in [5.74, 6) is 0.532. The van der Waals surface area contributed by atoms with Gasteiger partial charge in [-0.15, -0.1) is 0 Å². The van der Waals surface area contributed by atoms with Gasteiger partial charge in [-0.25, -0.2) is 9.97 Å². The van der Waals surface area contributed by atoms with Crippen molar-refractivity contribution >= 4 is 11.9 Å². The van der Waals surface area contributed by atoms with E-state index >= 15 is 0 Å². The van der Waals surface area contributed by atoms with E-state index in [1.54, 1.807) is 36.8 Å². The molecule has 2 aromatic rings. The van der Waals surface area contributed by atoms with Gasteiger partial charge >= 0.3 is 0 Å². The highest BCUT2D eigenvalue weighted by molar-refractivity contribution is 5.76. The Balaban J connectivity index is 1.58. The summed E-state index contributed by atoms with van der Waals surface area (Å²) in [5, 5.41) is 3.00. The lowest BCUT2D eigenvalue weighted by Gasteiger charge is -2.33. The summed E-state index contributed by atoms with van der Waals surface area (Å²) in [6, 6.07) is 6.67. The number of carbonyl (C=O) groups excluding carboxylic acids is 1. The monoisotopic (exact) mass is 313 g/mol. The predicted octanol–water partition coefficient (Wildman–Crippen LogP) is 0.423.